The summed E-state index contributed by atoms with van der Waals surface area (Å²) in [5.74, 6) is -0.192. The lowest BCUT2D eigenvalue weighted by molar-refractivity contribution is -0.134. The zero-order valence-electron chi connectivity index (χ0n) is 18.5. The van der Waals surface area contributed by atoms with Crippen molar-refractivity contribution in [3.63, 3.8) is 0 Å². The van der Waals surface area contributed by atoms with Crippen molar-refractivity contribution in [3.05, 3.63) is 94.3 Å². The Labute approximate surface area is 194 Å². The molecule has 1 aliphatic heterocycles. The number of aryl methyl sites for hydroxylation is 1. The molecule has 1 aromatic heterocycles. The first kappa shape index (κ1) is 22.2. The first-order valence-corrected chi connectivity index (χ1v) is 11.4. The van der Waals surface area contributed by atoms with Gasteiger partial charge in [-0.25, -0.2) is 0 Å². The van der Waals surface area contributed by atoms with Crippen molar-refractivity contribution in [2.24, 2.45) is 0 Å². The third-order valence-electron chi connectivity index (χ3n) is 5.95. The molecule has 0 aliphatic carbocycles. The molecule has 4 rings (SSSR count). The number of nitrogens with zero attached hydrogens (tertiary/aromatic N) is 3. The second kappa shape index (κ2) is 9.61. The van der Waals surface area contributed by atoms with Crippen molar-refractivity contribution in [2.75, 3.05) is 19.6 Å². The molecule has 0 spiro atoms. The number of hydrogen-bond acceptors (Lipinski definition) is 2. The van der Waals surface area contributed by atoms with Crippen molar-refractivity contribution in [1.82, 2.24) is 14.4 Å². The lowest BCUT2D eigenvalue weighted by Gasteiger charge is -2.38. The minimum Gasteiger partial charge on any atom is -0.348 e. The predicted molar refractivity (Wildman–Crippen MR) is 127 cm³/mol. The third kappa shape index (κ3) is 4.58. The van der Waals surface area contributed by atoms with E-state index in [1.165, 1.54) is 5.56 Å². The highest BCUT2D eigenvalue weighted by Crippen LogP contribution is 2.32. The van der Waals surface area contributed by atoms with Gasteiger partial charge in [-0.05, 0) is 55.3 Å². The molecule has 0 N–H and O–H groups in total. The molecule has 0 radical (unpaired) electrons. The van der Waals surface area contributed by atoms with Gasteiger partial charge in [-0.15, -0.1) is 0 Å². The van der Waals surface area contributed by atoms with Gasteiger partial charge in [0.15, 0.2) is 0 Å². The Balaban J connectivity index is 1.60. The third-order valence-corrected chi connectivity index (χ3v) is 6.20. The molecular formula is C26H28ClN3O2. The molecule has 2 amide bonds. The number of carbonyl (C=O) groups is 2. The van der Waals surface area contributed by atoms with Crippen molar-refractivity contribution in [3.8, 4) is 0 Å². The average molecular weight is 450 g/mol. The Kier molecular flexibility index (Phi) is 6.66. The van der Waals surface area contributed by atoms with Crippen LogP contribution < -0.4 is 0 Å². The molecule has 1 unspecified atom stereocenters. The van der Waals surface area contributed by atoms with E-state index >= 15 is 0 Å². The summed E-state index contributed by atoms with van der Waals surface area (Å²) in [5.41, 5.74) is 3.90. The molecule has 1 aliphatic rings. The summed E-state index contributed by atoms with van der Waals surface area (Å²) in [6.45, 7) is 5.99. The van der Waals surface area contributed by atoms with Crippen LogP contribution in [0, 0.1) is 6.92 Å². The van der Waals surface area contributed by atoms with Gasteiger partial charge in [-0.1, -0.05) is 48.4 Å². The van der Waals surface area contributed by atoms with Crippen molar-refractivity contribution >= 4 is 23.4 Å². The first-order chi connectivity index (χ1) is 15.5. The van der Waals surface area contributed by atoms with Gasteiger partial charge in [0.1, 0.15) is 6.54 Å². The molecule has 0 saturated carbocycles. The van der Waals surface area contributed by atoms with Crippen molar-refractivity contribution in [2.45, 2.75) is 32.9 Å². The minimum absolute atomic E-state index is 0.0428. The van der Waals surface area contributed by atoms with E-state index in [4.69, 9.17) is 11.6 Å². The Morgan fingerprint density at radius 1 is 1.03 bits per heavy atom. The van der Waals surface area contributed by atoms with Gasteiger partial charge in [0, 0.05) is 42.1 Å². The molecule has 5 nitrogen and oxygen atoms in total. The largest absolute Gasteiger partial charge is 0.348 e. The van der Waals surface area contributed by atoms with Gasteiger partial charge in [-0.2, -0.15) is 0 Å². The van der Waals surface area contributed by atoms with Gasteiger partial charge < -0.3 is 14.4 Å². The van der Waals surface area contributed by atoms with Crippen LogP contribution in [0.4, 0.5) is 0 Å². The maximum atomic E-state index is 13.6. The molecule has 32 heavy (non-hydrogen) atoms. The lowest BCUT2D eigenvalue weighted by atomic mass is 9.98. The molecular weight excluding hydrogens is 422 g/mol. The van der Waals surface area contributed by atoms with Crippen LogP contribution in [-0.4, -0.2) is 45.8 Å². The SMILES string of the molecule is CCCN(CC(=O)N1CCn2cccc2C1c1ccc(C)cc1)C(=O)c1ccc(Cl)cc1. The fourth-order valence-electron chi connectivity index (χ4n) is 4.30. The summed E-state index contributed by atoms with van der Waals surface area (Å²) in [6.07, 6.45) is 2.84. The predicted octanol–water partition coefficient (Wildman–Crippen LogP) is 4.93. The zero-order valence-corrected chi connectivity index (χ0v) is 19.3. The monoisotopic (exact) mass is 449 g/mol. The minimum atomic E-state index is -0.166. The summed E-state index contributed by atoms with van der Waals surface area (Å²) in [7, 11) is 0. The fourth-order valence-corrected chi connectivity index (χ4v) is 4.43. The van der Waals surface area contributed by atoms with Crippen molar-refractivity contribution in [1.29, 1.82) is 0 Å². The smallest absolute Gasteiger partial charge is 0.254 e. The number of carbonyl (C=O) groups excluding carboxylic acids is 2. The van der Waals surface area contributed by atoms with Gasteiger partial charge in [0.2, 0.25) is 5.91 Å². The Morgan fingerprint density at radius 2 is 1.75 bits per heavy atom. The van der Waals surface area contributed by atoms with Crippen LogP contribution in [0.2, 0.25) is 5.02 Å². The molecule has 0 bridgehead atoms. The number of aromatic nitrogens is 1. The Hall–Kier alpha value is -3.05. The second-order valence-electron chi connectivity index (χ2n) is 8.26. The van der Waals surface area contributed by atoms with E-state index in [0.29, 0.717) is 23.7 Å². The van der Waals surface area contributed by atoms with E-state index in [-0.39, 0.29) is 24.4 Å². The van der Waals surface area contributed by atoms with Crippen LogP contribution in [0.25, 0.3) is 0 Å². The van der Waals surface area contributed by atoms with Crippen LogP contribution in [0.5, 0.6) is 0 Å². The Bertz CT molecular complexity index is 1090. The standard InChI is InChI=1S/C26H28ClN3O2/c1-3-14-29(26(32)21-10-12-22(27)13-11-21)18-24(31)30-17-16-28-15-4-5-23(28)25(30)20-8-6-19(2)7-9-20/h4-13,15,25H,3,14,16-18H2,1-2H3. The van der Waals surface area contributed by atoms with Gasteiger partial charge in [0.25, 0.3) is 5.91 Å². The number of fused-ring (bicyclic) bond motifs is 1. The summed E-state index contributed by atoms with van der Waals surface area (Å²) in [5, 5.41) is 0.580. The van der Waals surface area contributed by atoms with Gasteiger partial charge >= 0.3 is 0 Å². The summed E-state index contributed by atoms with van der Waals surface area (Å²) < 4.78 is 2.21. The van der Waals surface area contributed by atoms with Crippen LogP contribution >= 0.6 is 11.6 Å². The number of halogens is 1. The zero-order chi connectivity index (χ0) is 22.7. The fraction of sp³-hybridized carbons (Fsp3) is 0.308. The number of amides is 2. The van der Waals surface area contributed by atoms with E-state index in [2.05, 4.69) is 48.0 Å². The lowest BCUT2D eigenvalue weighted by Crippen LogP contribution is -2.48. The number of rotatable bonds is 6. The van der Waals surface area contributed by atoms with E-state index in [9.17, 15) is 9.59 Å². The van der Waals surface area contributed by atoms with Crippen LogP contribution in [0.1, 0.15) is 46.6 Å². The normalized spacial score (nSPS) is 15.3. The first-order valence-electron chi connectivity index (χ1n) is 11.0. The number of hydrogen-bond donors (Lipinski definition) is 0. The number of benzene rings is 2. The highest BCUT2D eigenvalue weighted by Gasteiger charge is 2.33. The van der Waals surface area contributed by atoms with E-state index < -0.39 is 0 Å². The summed E-state index contributed by atoms with van der Waals surface area (Å²) >= 11 is 5.97. The molecule has 166 valence electrons. The maximum absolute atomic E-state index is 13.6. The maximum Gasteiger partial charge on any atom is 0.254 e. The molecule has 6 heteroatoms. The van der Waals surface area contributed by atoms with E-state index in [1.807, 2.05) is 17.9 Å². The molecule has 0 saturated heterocycles. The van der Waals surface area contributed by atoms with E-state index in [1.54, 1.807) is 29.2 Å². The molecule has 3 aromatic rings. The molecule has 0 fully saturated rings. The van der Waals surface area contributed by atoms with Crippen LogP contribution in [-0.2, 0) is 11.3 Å². The second-order valence-corrected chi connectivity index (χ2v) is 8.70. The molecule has 2 heterocycles. The van der Waals surface area contributed by atoms with Gasteiger partial charge in [-0.3, -0.25) is 9.59 Å². The summed E-state index contributed by atoms with van der Waals surface area (Å²) in [4.78, 5) is 30.2. The highest BCUT2D eigenvalue weighted by molar-refractivity contribution is 6.30. The van der Waals surface area contributed by atoms with Crippen LogP contribution in [0.3, 0.4) is 0 Å². The molecule has 2 aromatic carbocycles. The van der Waals surface area contributed by atoms with E-state index in [0.717, 1.165) is 24.2 Å². The topological polar surface area (TPSA) is 45.6 Å². The Morgan fingerprint density at radius 3 is 2.44 bits per heavy atom. The highest BCUT2D eigenvalue weighted by atomic mass is 35.5. The average Bonchev–Trinajstić information content (AvgIpc) is 3.28. The van der Waals surface area contributed by atoms with Crippen molar-refractivity contribution < 1.29 is 9.59 Å². The quantitative estimate of drug-likeness (QED) is 0.535. The van der Waals surface area contributed by atoms with Gasteiger partial charge in [0.05, 0.1) is 6.04 Å². The van der Waals surface area contributed by atoms with Crippen LogP contribution in [0.15, 0.2) is 66.9 Å². The molecule has 1 atom stereocenters. The summed E-state index contributed by atoms with van der Waals surface area (Å²) in [6, 6.07) is 19.1.